The van der Waals surface area contributed by atoms with Crippen LogP contribution >= 0.6 is 0 Å². The van der Waals surface area contributed by atoms with Gasteiger partial charge in [0.25, 0.3) is 0 Å². The Morgan fingerprint density at radius 2 is 2.13 bits per heavy atom. The Balaban J connectivity index is 2.18. The van der Waals surface area contributed by atoms with Gasteiger partial charge < -0.3 is 4.90 Å². The van der Waals surface area contributed by atoms with Crippen molar-refractivity contribution in [2.75, 3.05) is 18.0 Å². The van der Waals surface area contributed by atoms with Crippen molar-refractivity contribution in [3.05, 3.63) is 29.8 Å². The fourth-order valence-corrected chi connectivity index (χ4v) is 2.25. The lowest BCUT2D eigenvalue weighted by Crippen LogP contribution is -2.19. The predicted molar refractivity (Wildman–Crippen MR) is 66.5 cm³/mol. The molecule has 1 aromatic rings. The minimum atomic E-state index is 0.630. The van der Waals surface area contributed by atoms with E-state index in [9.17, 15) is 0 Å². The van der Waals surface area contributed by atoms with Gasteiger partial charge in [0.15, 0.2) is 0 Å². The highest BCUT2D eigenvalue weighted by Gasteiger charge is 2.18. The van der Waals surface area contributed by atoms with Crippen LogP contribution in [-0.4, -0.2) is 13.1 Å². The summed E-state index contributed by atoms with van der Waals surface area (Å²) < 4.78 is 0. The molecule has 2 rings (SSSR count). The largest absolute Gasteiger partial charge is 0.371 e. The smallest absolute Gasteiger partial charge is 0.0369 e. The Morgan fingerprint density at radius 1 is 1.33 bits per heavy atom. The fourth-order valence-electron chi connectivity index (χ4n) is 2.25. The Kier molecular flexibility index (Phi) is 2.99. The zero-order valence-electron chi connectivity index (χ0n) is 10.0. The average Bonchev–Trinajstić information content (AvgIpc) is 2.65. The van der Waals surface area contributed by atoms with Gasteiger partial charge in [-0.05, 0) is 36.0 Å². The number of nitrogens with zero attached hydrogens (tertiary/aromatic N) is 1. The second kappa shape index (κ2) is 4.26. The van der Waals surface area contributed by atoms with Crippen molar-refractivity contribution < 1.29 is 0 Å². The van der Waals surface area contributed by atoms with Gasteiger partial charge in [0.05, 0.1) is 0 Å². The molecule has 0 unspecified atom stereocenters. The van der Waals surface area contributed by atoms with Gasteiger partial charge in [0.2, 0.25) is 0 Å². The minimum absolute atomic E-state index is 0.630. The van der Waals surface area contributed by atoms with E-state index in [4.69, 9.17) is 0 Å². The van der Waals surface area contributed by atoms with Crippen molar-refractivity contribution in [2.45, 2.75) is 33.1 Å². The van der Waals surface area contributed by atoms with Crippen LogP contribution in [0.3, 0.4) is 0 Å². The SMILES string of the molecule is CC(C)c1cccc(N2CC[C@@H](C)C2)c1. The molecular formula is C14H21N. The van der Waals surface area contributed by atoms with Crippen LogP contribution < -0.4 is 4.90 Å². The predicted octanol–water partition coefficient (Wildman–Crippen LogP) is 3.66. The second-order valence-electron chi connectivity index (χ2n) is 5.09. The summed E-state index contributed by atoms with van der Waals surface area (Å²) in [7, 11) is 0. The van der Waals surface area contributed by atoms with E-state index in [2.05, 4.69) is 49.9 Å². The van der Waals surface area contributed by atoms with Gasteiger partial charge in [0, 0.05) is 18.8 Å². The maximum atomic E-state index is 2.51. The van der Waals surface area contributed by atoms with Crippen LogP contribution in [0.2, 0.25) is 0 Å². The maximum absolute atomic E-state index is 2.51. The lowest BCUT2D eigenvalue weighted by molar-refractivity contribution is 0.659. The highest BCUT2D eigenvalue weighted by atomic mass is 15.1. The van der Waals surface area contributed by atoms with E-state index in [1.807, 2.05) is 0 Å². The van der Waals surface area contributed by atoms with E-state index >= 15 is 0 Å². The first-order valence-corrected chi connectivity index (χ1v) is 6.01. The standard InChI is InChI=1S/C14H21N/c1-11(2)13-5-4-6-14(9-13)15-8-7-12(3)10-15/h4-6,9,11-12H,7-8,10H2,1-3H3/t12-/m1/s1. The topological polar surface area (TPSA) is 3.24 Å². The van der Waals surface area contributed by atoms with Gasteiger partial charge >= 0.3 is 0 Å². The monoisotopic (exact) mass is 203 g/mol. The summed E-state index contributed by atoms with van der Waals surface area (Å²) in [6.07, 6.45) is 1.34. The first-order valence-electron chi connectivity index (χ1n) is 6.01. The second-order valence-corrected chi connectivity index (χ2v) is 5.09. The zero-order valence-corrected chi connectivity index (χ0v) is 10.0. The molecule has 0 saturated carbocycles. The molecule has 0 spiro atoms. The minimum Gasteiger partial charge on any atom is -0.371 e. The van der Waals surface area contributed by atoms with Crippen molar-refractivity contribution in [1.82, 2.24) is 0 Å². The van der Waals surface area contributed by atoms with Crippen molar-refractivity contribution in [1.29, 1.82) is 0 Å². The molecule has 1 aliphatic rings. The molecule has 1 saturated heterocycles. The highest BCUT2D eigenvalue weighted by Crippen LogP contribution is 2.26. The highest BCUT2D eigenvalue weighted by molar-refractivity contribution is 5.50. The summed E-state index contributed by atoms with van der Waals surface area (Å²) in [5.74, 6) is 1.48. The molecule has 15 heavy (non-hydrogen) atoms. The van der Waals surface area contributed by atoms with Gasteiger partial charge in [-0.15, -0.1) is 0 Å². The van der Waals surface area contributed by atoms with E-state index in [0.29, 0.717) is 5.92 Å². The molecule has 0 radical (unpaired) electrons. The van der Waals surface area contributed by atoms with Gasteiger partial charge in [-0.3, -0.25) is 0 Å². The van der Waals surface area contributed by atoms with Crippen molar-refractivity contribution in [2.24, 2.45) is 5.92 Å². The number of benzene rings is 1. The average molecular weight is 203 g/mol. The van der Waals surface area contributed by atoms with E-state index in [1.165, 1.54) is 30.8 Å². The van der Waals surface area contributed by atoms with Crippen LogP contribution in [0.1, 0.15) is 38.7 Å². The molecule has 1 aliphatic heterocycles. The molecule has 82 valence electrons. The number of anilines is 1. The third kappa shape index (κ3) is 2.34. The Bertz CT molecular complexity index is 330. The number of rotatable bonds is 2. The third-order valence-corrected chi connectivity index (χ3v) is 3.33. The van der Waals surface area contributed by atoms with Gasteiger partial charge in [-0.2, -0.15) is 0 Å². The lowest BCUT2D eigenvalue weighted by atomic mass is 10.0. The molecule has 1 heteroatoms. The van der Waals surface area contributed by atoms with Gasteiger partial charge in [0.1, 0.15) is 0 Å². The molecule has 1 aromatic carbocycles. The summed E-state index contributed by atoms with van der Waals surface area (Å²) >= 11 is 0. The molecule has 1 nitrogen and oxygen atoms in total. The molecule has 0 bridgehead atoms. The van der Waals surface area contributed by atoms with Gasteiger partial charge in [-0.25, -0.2) is 0 Å². The summed E-state index contributed by atoms with van der Waals surface area (Å²) in [6, 6.07) is 9.01. The Morgan fingerprint density at radius 3 is 2.73 bits per heavy atom. The van der Waals surface area contributed by atoms with Crippen LogP contribution in [-0.2, 0) is 0 Å². The Labute approximate surface area is 93.1 Å². The zero-order chi connectivity index (χ0) is 10.8. The van der Waals surface area contributed by atoms with Crippen LogP contribution in [0.15, 0.2) is 24.3 Å². The summed E-state index contributed by atoms with van der Waals surface area (Å²) in [5.41, 5.74) is 2.86. The van der Waals surface area contributed by atoms with Crippen LogP contribution in [0.4, 0.5) is 5.69 Å². The normalized spacial score (nSPS) is 21.3. The van der Waals surface area contributed by atoms with Crippen molar-refractivity contribution in [3.63, 3.8) is 0 Å². The van der Waals surface area contributed by atoms with Crippen molar-refractivity contribution >= 4 is 5.69 Å². The molecule has 1 heterocycles. The molecule has 0 aromatic heterocycles. The molecular weight excluding hydrogens is 182 g/mol. The molecule has 0 amide bonds. The maximum Gasteiger partial charge on any atom is 0.0369 e. The third-order valence-electron chi connectivity index (χ3n) is 3.33. The molecule has 0 aliphatic carbocycles. The van der Waals surface area contributed by atoms with E-state index in [0.717, 1.165) is 5.92 Å². The molecule has 0 N–H and O–H groups in total. The summed E-state index contributed by atoms with van der Waals surface area (Å²) in [6.45, 7) is 9.30. The lowest BCUT2D eigenvalue weighted by Gasteiger charge is -2.19. The van der Waals surface area contributed by atoms with E-state index in [1.54, 1.807) is 0 Å². The summed E-state index contributed by atoms with van der Waals surface area (Å²) in [5, 5.41) is 0. The number of hydrogen-bond donors (Lipinski definition) is 0. The van der Waals surface area contributed by atoms with E-state index in [-0.39, 0.29) is 0 Å². The van der Waals surface area contributed by atoms with Crippen LogP contribution in [0, 0.1) is 5.92 Å². The van der Waals surface area contributed by atoms with E-state index < -0.39 is 0 Å². The quantitative estimate of drug-likeness (QED) is 0.709. The Hall–Kier alpha value is -0.980. The van der Waals surface area contributed by atoms with Crippen LogP contribution in [0.25, 0.3) is 0 Å². The fraction of sp³-hybridized carbons (Fsp3) is 0.571. The molecule has 1 fully saturated rings. The first-order chi connectivity index (χ1) is 7.16. The van der Waals surface area contributed by atoms with Crippen molar-refractivity contribution in [3.8, 4) is 0 Å². The van der Waals surface area contributed by atoms with Crippen LogP contribution in [0.5, 0.6) is 0 Å². The molecule has 1 atom stereocenters. The van der Waals surface area contributed by atoms with Gasteiger partial charge in [-0.1, -0.05) is 32.9 Å². The summed E-state index contributed by atoms with van der Waals surface area (Å²) in [4.78, 5) is 2.51. The number of hydrogen-bond acceptors (Lipinski definition) is 1. The first kappa shape index (κ1) is 10.5.